The number of aryl methyl sites for hydroxylation is 1. The first-order chi connectivity index (χ1) is 14.3. The first kappa shape index (κ1) is 21.2. The lowest BCUT2D eigenvalue weighted by Gasteiger charge is -2.15. The molecule has 3 N–H and O–H groups in total. The smallest absolute Gasteiger partial charge is 0.326 e. The molecule has 0 radical (unpaired) electrons. The van der Waals surface area contributed by atoms with Gasteiger partial charge >= 0.3 is 5.97 Å². The van der Waals surface area contributed by atoms with E-state index in [4.69, 9.17) is 0 Å². The minimum atomic E-state index is -4.10. The Bertz CT molecular complexity index is 1140. The van der Waals surface area contributed by atoms with Crippen molar-refractivity contribution in [1.82, 2.24) is 4.72 Å². The van der Waals surface area contributed by atoms with Crippen LogP contribution in [0.25, 0.3) is 0 Å². The Balaban J connectivity index is 1.75. The number of carbonyl (C=O) groups excluding carboxylic acids is 1. The largest absolute Gasteiger partial charge is 0.480 e. The van der Waals surface area contributed by atoms with E-state index in [0.717, 1.165) is 5.56 Å². The molecule has 3 rings (SSSR count). The molecule has 0 spiro atoms. The van der Waals surface area contributed by atoms with Crippen LogP contribution in [-0.2, 0) is 14.8 Å². The third-order valence-corrected chi connectivity index (χ3v) is 5.83. The highest BCUT2D eigenvalue weighted by Gasteiger charge is 2.26. The minimum Gasteiger partial charge on any atom is -0.480 e. The van der Waals surface area contributed by atoms with E-state index in [1.54, 1.807) is 30.3 Å². The molecular formula is C22H20N2O5S. The van der Waals surface area contributed by atoms with Crippen molar-refractivity contribution in [3.05, 3.63) is 95.6 Å². The molecule has 154 valence electrons. The van der Waals surface area contributed by atoms with Gasteiger partial charge in [0.2, 0.25) is 10.0 Å². The van der Waals surface area contributed by atoms with E-state index in [1.165, 1.54) is 36.4 Å². The van der Waals surface area contributed by atoms with E-state index < -0.39 is 22.0 Å². The number of nitrogens with one attached hydrogen (secondary N) is 2. The molecule has 0 saturated carbocycles. The molecule has 0 aliphatic carbocycles. The molecule has 0 saturated heterocycles. The summed E-state index contributed by atoms with van der Waals surface area (Å²) in [6, 6.07) is 19.1. The highest BCUT2D eigenvalue weighted by atomic mass is 32.2. The summed E-state index contributed by atoms with van der Waals surface area (Å²) in [6.07, 6.45) is 0. The maximum absolute atomic E-state index is 12.6. The quantitative estimate of drug-likeness (QED) is 0.538. The highest BCUT2D eigenvalue weighted by Crippen LogP contribution is 2.20. The maximum atomic E-state index is 12.6. The van der Waals surface area contributed by atoms with Gasteiger partial charge in [-0.05, 0) is 48.9 Å². The van der Waals surface area contributed by atoms with Gasteiger partial charge in [-0.3, -0.25) is 9.59 Å². The molecule has 3 aromatic rings. The lowest BCUT2D eigenvalue weighted by atomic mass is 10.1. The van der Waals surface area contributed by atoms with E-state index in [0.29, 0.717) is 16.8 Å². The van der Waals surface area contributed by atoms with Gasteiger partial charge in [-0.2, -0.15) is 4.72 Å². The standard InChI is InChI=1S/C22H20N2O5S/c1-15-7-9-17(10-8-15)21(25)23-18-11-13-19(14-12-18)30(28,29)24-20(22(26)27)16-5-3-2-4-6-16/h2-14,20,24H,1H3,(H,23,25)(H,26,27)/t20-/m0/s1. The molecule has 1 atom stereocenters. The van der Waals surface area contributed by atoms with Crippen LogP contribution in [0.4, 0.5) is 5.69 Å². The molecule has 0 fully saturated rings. The van der Waals surface area contributed by atoms with E-state index in [-0.39, 0.29) is 10.8 Å². The van der Waals surface area contributed by atoms with Gasteiger partial charge in [0.05, 0.1) is 4.90 Å². The first-order valence-corrected chi connectivity index (χ1v) is 10.5. The van der Waals surface area contributed by atoms with Crippen molar-refractivity contribution in [2.24, 2.45) is 0 Å². The van der Waals surface area contributed by atoms with Gasteiger partial charge < -0.3 is 10.4 Å². The van der Waals surface area contributed by atoms with Gasteiger partial charge in [-0.1, -0.05) is 48.0 Å². The summed E-state index contributed by atoms with van der Waals surface area (Å²) >= 11 is 0. The summed E-state index contributed by atoms with van der Waals surface area (Å²) in [5, 5.41) is 12.1. The predicted octanol–water partition coefficient (Wildman–Crippen LogP) is 3.35. The van der Waals surface area contributed by atoms with E-state index in [1.807, 2.05) is 19.1 Å². The summed E-state index contributed by atoms with van der Waals surface area (Å²) in [6.45, 7) is 1.92. The Morgan fingerprint density at radius 3 is 2.03 bits per heavy atom. The molecule has 30 heavy (non-hydrogen) atoms. The average Bonchev–Trinajstić information content (AvgIpc) is 2.73. The monoisotopic (exact) mass is 424 g/mol. The Kier molecular flexibility index (Phi) is 6.29. The third-order valence-electron chi connectivity index (χ3n) is 4.39. The van der Waals surface area contributed by atoms with Crippen molar-refractivity contribution in [1.29, 1.82) is 0 Å². The summed E-state index contributed by atoms with van der Waals surface area (Å²) in [4.78, 5) is 23.7. The number of aliphatic carboxylic acids is 1. The fraction of sp³-hybridized carbons (Fsp3) is 0.0909. The molecule has 0 heterocycles. The minimum absolute atomic E-state index is 0.113. The van der Waals surface area contributed by atoms with Crippen LogP contribution in [0.2, 0.25) is 0 Å². The molecule has 3 aromatic carbocycles. The van der Waals surface area contributed by atoms with Crippen molar-refractivity contribution >= 4 is 27.6 Å². The Morgan fingerprint density at radius 1 is 0.867 bits per heavy atom. The van der Waals surface area contributed by atoms with Crippen LogP contribution in [0.1, 0.15) is 27.5 Å². The zero-order valence-corrected chi connectivity index (χ0v) is 16.9. The number of anilines is 1. The molecule has 0 aliphatic heterocycles. The maximum Gasteiger partial charge on any atom is 0.326 e. The summed E-state index contributed by atoms with van der Waals surface area (Å²) in [7, 11) is -4.10. The summed E-state index contributed by atoms with van der Waals surface area (Å²) < 4.78 is 27.5. The van der Waals surface area contributed by atoms with E-state index in [2.05, 4.69) is 10.0 Å². The lowest BCUT2D eigenvalue weighted by Crippen LogP contribution is -2.33. The van der Waals surface area contributed by atoms with Gasteiger partial charge in [0.1, 0.15) is 6.04 Å². The van der Waals surface area contributed by atoms with Crippen LogP contribution in [0.3, 0.4) is 0 Å². The number of hydrogen-bond acceptors (Lipinski definition) is 4. The normalized spacial score (nSPS) is 12.2. The molecule has 0 unspecified atom stereocenters. The van der Waals surface area contributed by atoms with Crippen LogP contribution in [0.15, 0.2) is 83.8 Å². The number of rotatable bonds is 7. The number of carbonyl (C=O) groups is 2. The van der Waals surface area contributed by atoms with Crippen LogP contribution < -0.4 is 10.0 Å². The predicted molar refractivity (Wildman–Crippen MR) is 113 cm³/mol. The molecule has 7 nitrogen and oxygen atoms in total. The van der Waals surface area contributed by atoms with Crippen LogP contribution in [0, 0.1) is 6.92 Å². The van der Waals surface area contributed by atoms with Crippen molar-refractivity contribution in [2.45, 2.75) is 17.9 Å². The zero-order chi connectivity index (χ0) is 21.7. The van der Waals surface area contributed by atoms with Gasteiger partial charge in [0.15, 0.2) is 0 Å². The molecular weight excluding hydrogens is 404 g/mol. The zero-order valence-electron chi connectivity index (χ0n) is 16.1. The van der Waals surface area contributed by atoms with E-state index in [9.17, 15) is 23.1 Å². The van der Waals surface area contributed by atoms with Crippen molar-refractivity contribution < 1.29 is 23.1 Å². The average molecular weight is 424 g/mol. The second-order valence-electron chi connectivity index (χ2n) is 6.65. The molecule has 0 aromatic heterocycles. The SMILES string of the molecule is Cc1ccc(C(=O)Nc2ccc(S(=O)(=O)N[C@H](C(=O)O)c3ccccc3)cc2)cc1. The number of amides is 1. The van der Waals surface area contributed by atoms with Gasteiger partial charge in [0.25, 0.3) is 5.91 Å². The fourth-order valence-electron chi connectivity index (χ4n) is 2.76. The fourth-order valence-corrected chi connectivity index (χ4v) is 3.93. The lowest BCUT2D eigenvalue weighted by molar-refractivity contribution is -0.139. The number of benzene rings is 3. The summed E-state index contributed by atoms with van der Waals surface area (Å²) in [5.74, 6) is -1.63. The molecule has 8 heteroatoms. The van der Waals surface area contributed by atoms with Gasteiger partial charge in [0, 0.05) is 11.3 Å². The second-order valence-corrected chi connectivity index (χ2v) is 8.36. The number of carboxylic acid groups (broad SMARTS) is 1. The van der Waals surface area contributed by atoms with Crippen LogP contribution in [0.5, 0.6) is 0 Å². The first-order valence-electron chi connectivity index (χ1n) is 9.04. The van der Waals surface area contributed by atoms with Gasteiger partial charge in [-0.15, -0.1) is 0 Å². The third kappa shape index (κ3) is 5.11. The second kappa shape index (κ2) is 8.89. The van der Waals surface area contributed by atoms with Crippen LogP contribution >= 0.6 is 0 Å². The number of sulfonamides is 1. The molecule has 0 bridgehead atoms. The topological polar surface area (TPSA) is 113 Å². The molecule has 0 aliphatic rings. The number of hydrogen-bond donors (Lipinski definition) is 3. The highest BCUT2D eigenvalue weighted by molar-refractivity contribution is 7.89. The summed E-state index contributed by atoms with van der Waals surface area (Å²) in [5.41, 5.74) is 2.24. The molecule has 1 amide bonds. The van der Waals surface area contributed by atoms with Crippen molar-refractivity contribution in [3.8, 4) is 0 Å². The Hall–Kier alpha value is -3.49. The van der Waals surface area contributed by atoms with Crippen LogP contribution in [-0.4, -0.2) is 25.4 Å². The Morgan fingerprint density at radius 2 is 1.47 bits per heavy atom. The van der Waals surface area contributed by atoms with Gasteiger partial charge in [-0.25, -0.2) is 8.42 Å². The Labute approximate surface area is 174 Å². The van der Waals surface area contributed by atoms with E-state index >= 15 is 0 Å². The van der Waals surface area contributed by atoms with Crippen molar-refractivity contribution in [2.75, 3.05) is 5.32 Å². The van der Waals surface area contributed by atoms with Crippen molar-refractivity contribution in [3.63, 3.8) is 0 Å². The number of carboxylic acids is 1.